The molecule has 2 aliphatic rings. The molecular formula is C13H26ClN3O4S. The van der Waals surface area contributed by atoms with Crippen molar-refractivity contribution < 1.29 is 17.9 Å². The molecule has 2 rings (SSSR count). The van der Waals surface area contributed by atoms with E-state index in [1.165, 1.54) is 8.61 Å². The summed E-state index contributed by atoms with van der Waals surface area (Å²) in [6, 6.07) is 0.103. The van der Waals surface area contributed by atoms with E-state index in [9.17, 15) is 13.2 Å². The van der Waals surface area contributed by atoms with E-state index >= 15 is 0 Å². The maximum atomic E-state index is 12.5. The second kappa shape index (κ2) is 8.44. The molecule has 0 saturated carbocycles. The molecule has 2 N–H and O–H groups in total. The number of rotatable bonds is 4. The van der Waals surface area contributed by atoms with Crippen molar-refractivity contribution in [2.45, 2.75) is 38.6 Å². The third kappa shape index (κ3) is 4.55. The zero-order chi connectivity index (χ0) is 15.5. The summed E-state index contributed by atoms with van der Waals surface area (Å²) in [5, 5.41) is 0. The zero-order valence-electron chi connectivity index (χ0n) is 12.9. The van der Waals surface area contributed by atoms with Gasteiger partial charge < -0.3 is 10.5 Å². The van der Waals surface area contributed by atoms with Gasteiger partial charge in [0.05, 0.1) is 12.5 Å². The molecule has 9 heteroatoms. The Labute approximate surface area is 138 Å². The Morgan fingerprint density at radius 2 is 1.55 bits per heavy atom. The van der Waals surface area contributed by atoms with Crippen LogP contribution in [0.3, 0.4) is 0 Å². The van der Waals surface area contributed by atoms with E-state index in [1.54, 1.807) is 6.92 Å². The first-order valence-electron chi connectivity index (χ1n) is 7.62. The first-order valence-corrected chi connectivity index (χ1v) is 9.02. The normalized spacial score (nSPS) is 23.0. The topological polar surface area (TPSA) is 92.9 Å². The third-order valence-corrected chi connectivity index (χ3v) is 6.26. The van der Waals surface area contributed by atoms with E-state index in [1.807, 2.05) is 0 Å². The van der Waals surface area contributed by atoms with Crippen LogP contribution < -0.4 is 5.73 Å². The van der Waals surface area contributed by atoms with Crippen LogP contribution in [0.5, 0.6) is 0 Å². The van der Waals surface area contributed by atoms with Gasteiger partial charge in [-0.25, -0.2) is 0 Å². The summed E-state index contributed by atoms with van der Waals surface area (Å²) < 4.78 is 33.1. The highest BCUT2D eigenvalue weighted by molar-refractivity contribution is 7.86. The number of nitrogens with zero attached hydrogens (tertiary/aromatic N) is 2. The van der Waals surface area contributed by atoms with Gasteiger partial charge in [-0.15, -0.1) is 12.4 Å². The van der Waals surface area contributed by atoms with Crippen molar-refractivity contribution in [1.82, 2.24) is 8.61 Å². The van der Waals surface area contributed by atoms with Crippen molar-refractivity contribution in [3.8, 4) is 0 Å². The van der Waals surface area contributed by atoms with Gasteiger partial charge in [0.2, 0.25) is 0 Å². The minimum absolute atomic E-state index is 0. The van der Waals surface area contributed by atoms with Crippen LogP contribution in [0.25, 0.3) is 0 Å². The minimum atomic E-state index is -3.41. The molecule has 2 fully saturated rings. The van der Waals surface area contributed by atoms with Crippen LogP contribution in [0.1, 0.15) is 32.6 Å². The molecule has 0 aliphatic carbocycles. The average molecular weight is 356 g/mol. The molecule has 0 aromatic carbocycles. The van der Waals surface area contributed by atoms with Crippen molar-refractivity contribution in [1.29, 1.82) is 0 Å². The van der Waals surface area contributed by atoms with Gasteiger partial charge in [0, 0.05) is 32.2 Å². The van der Waals surface area contributed by atoms with Gasteiger partial charge in [0.15, 0.2) is 0 Å². The number of ether oxygens (including phenoxy) is 1. The Bertz CT molecular complexity index is 458. The molecule has 0 spiro atoms. The predicted molar refractivity (Wildman–Crippen MR) is 85.9 cm³/mol. The lowest BCUT2D eigenvalue weighted by molar-refractivity contribution is -0.149. The quantitative estimate of drug-likeness (QED) is 0.734. The highest BCUT2D eigenvalue weighted by Gasteiger charge is 2.36. The number of esters is 1. The van der Waals surface area contributed by atoms with Crippen LogP contribution in [0, 0.1) is 5.92 Å². The van der Waals surface area contributed by atoms with E-state index in [0.717, 1.165) is 0 Å². The fourth-order valence-corrected chi connectivity index (χ4v) is 4.52. The van der Waals surface area contributed by atoms with Crippen LogP contribution in [-0.4, -0.2) is 61.8 Å². The largest absolute Gasteiger partial charge is 0.466 e. The van der Waals surface area contributed by atoms with E-state index in [-0.39, 0.29) is 30.3 Å². The van der Waals surface area contributed by atoms with Gasteiger partial charge in [0.1, 0.15) is 0 Å². The first-order chi connectivity index (χ1) is 9.95. The smallest absolute Gasteiger partial charge is 0.309 e. The molecule has 0 radical (unpaired) electrons. The molecule has 0 bridgehead atoms. The summed E-state index contributed by atoms with van der Waals surface area (Å²) in [7, 11) is -3.41. The number of carbonyl (C=O) groups excluding carboxylic acids is 1. The number of halogens is 1. The maximum absolute atomic E-state index is 12.5. The standard InChI is InChI=1S/C13H25N3O4S.ClH/c1-2-20-13(17)11-3-7-15(8-4-11)21(18,19)16-9-5-12(14)6-10-16;/h11-12H,2-10,14H2,1H3;1H. The Morgan fingerprint density at radius 3 is 2.00 bits per heavy atom. The lowest BCUT2D eigenvalue weighted by Gasteiger charge is -2.36. The van der Waals surface area contributed by atoms with E-state index < -0.39 is 10.2 Å². The molecule has 0 unspecified atom stereocenters. The lowest BCUT2D eigenvalue weighted by atomic mass is 9.98. The van der Waals surface area contributed by atoms with Crippen LogP contribution in [0.15, 0.2) is 0 Å². The second-order valence-electron chi connectivity index (χ2n) is 5.67. The molecule has 0 amide bonds. The fourth-order valence-electron chi connectivity index (χ4n) is 2.85. The maximum Gasteiger partial charge on any atom is 0.309 e. The molecule has 0 atom stereocenters. The highest BCUT2D eigenvalue weighted by Crippen LogP contribution is 2.24. The molecule has 2 heterocycles. The summed E-state index contributed by atoms with van der Waals surface area (Å²) in [4.78, 5) is 11.7. The Balaban J connectivity index is 0.00000242. The summed E-state index contributed by atoms with van der Waals surface area (Å²) in [6.45, 7) is 3.88. The van der Waals surface area contributed by atoms with E-state index in [2.05, 4.69) is 0 Å². The summed E-state index contributed by atoms with van der Waals surface area (Å²) in [5.41, 5.74) is 5.81. The molecule has 7 nitrogen and oxygen atoms in total. The van der Waals surface area contributed by atoms with Crippen molar-refractivity contribution in [2.75, 3.05) is 32.8 Å². The van der Waals surface area contributed by atoms with Gasteiger partial charge in [-0.1, -0.05) is 0 Å². The molecule has 130 valence electrons. The number of hydrogen-bond acceptors (Lipinski definition) is 5. The molecule has 22 heavy (non-hydrogen) atoms. The third-order valence-electron chi connectivity index (χ3n) is 4.23. The van der Waals surface area contributed by atoms with Crippen molar-refractivity contribution in [2.24, 2.45) is 11.7 Å². The van der Waals surface area contributed by atoms with Crippen molar-refractivity contribution in [3.05, 3.63) is 0 Å². The van der Waals surface area contributed by atoms with Gasteiger partial charge >= 0.3 is 5.97 Å². The van der Waals surface area contributed by atoms with Crippen molar-refractivity contribution >= 4 is 28.6 Å². The Morgan fingerprint density at radius 1 is 1.09 bits per heavy atom. The summed E-state index contributed by atoms with van der Waals surface area (Å²) in [5.74, 6) is -0.385. The Kier molecular flexibility index (Phi) is 7.54. The van der Waals surface area contributed by atoms with Crippen molar-refractivity contribution in [3.63, 3.8) is 0 Å². The highest BCUT2D eigenvalue weighted by atomic mass is 35.5. The molecule has 0 aromatic rings. The van der Waals surface area contributed by atoms with Crippen LogP contribution in [-0.2, 0) is 19.7 Å². The zero-order valence-corrected chi connectivity index (χ0v) is 14.6. The average Bonchev–Trinajstić information content (AvgIpc) is 2.48. The first kappa shape index (κ1) is 19.6. The van der Waals surface area contributed by atoms with E-state index in [0.29, 0.717) is 58.5 Å². The number of nitrogens with two attached hydrogens (primary N) is 1. The fraction of sp³-hybridized carbons (Fsp3) is 0.923. The van der Waals surface area contributed by atoms with Crippen LogP contribution in [0.4, 0.5) is 0 Å². The second-order valence-corrected chi connectivity index (χ2v) is 7.60. The molecule has 2 aliphatic heterocycles. The molecule has 2 saturated heterocycles. The van der Waals surface area contributed by atoms with E-state index in [4.69, 9.17) is 10.5 Å². The summed E-state index contributed by atoms with van der Waals surface area (Å²) in [6.07, 6.45) is 2.48. The minimum Gasteiger partial charge on any atom is -0.466 e. The Hall–Kier alpha value is -0.410. The molecule has 0 aromatic heterocycles. The monoisotopic (exact) mass is 355 g/mol. The number of hydrogen-bond donors (Lipinski definition) is 1. The summed E-state index contributed by atoms with van der Waals surface area (Å²) >= 11 is 0. The van der Waals surface area contributed by atoms with Gasteiger partial charge in [-0.05, 0) is 32.6 Å². The SMILES string of the molecule is CCOC(=O)C1CCN(S(=O)(=O)N2CCC(N)CC2)CC1.Cl. The van der Waals surface area contributed by atoms with Crippen LogP contribution >= 0.6 is 12.4 Å². The number of piperidine rings is 2. The number of carbonyl (C=O) groups is 1. The predicted octanol–water partition coefficient (Wildman–Crippen LogP) is 0.351. The van der Waals surface area contributed by atoms with Gasteiger partial charge in [-0.2, -0.15) is 17.0 Å². The van der Waals surface area contributed by atoms with Gasteiger partial charge in [0.25, 0.3) is 10.2 Å². The lowest BCUT2D eigenvalue weighted by Crippen LogP contribution is -2.51. The van der Waals surface area contributed by atoms with Gasteiger partial charge in [-0.3, -0.25) is 4.79 Å². The van der Waals surface area contributed by atoms with Crippen LogP contribution in [0.2, 0.25) is 0 Å². The molecular weight excluding hydrogens is 330 g/mol.